The molecule has 2 aromatic rings. The predicted octanol–water partition coefficient (Wildman–Crippen LogP) is -1.15. The fourth-order valence-corrected chi connectivity index (χ4v) is 4.11. The molecule has 2 rings (SSSR count). The molecule has 17 heteroatoms. The summed E-state index contributed by atoms with van der Waals surface area (Å²) < 4.78 is 0. The second-order valence-corrected chi connectivity index (χ2v) is 10.4. The van der Waals surface area contributed by atoms with Crippen molar-refractivity contribution in [1.82, 2.24) is 31.6 Å². The molecule has 0 aliphatic carbocycles. The van der Waals surface area contributed by atoms with E-state index in [1.807, 2.05) is 0 Å². The first-order valence-electron chi connectivity index (χ1n) is 14.5. The number of carbonyl (C=O) groups is 8. The van der Waals surface area contributed by atoms with Crippen molar-refractivity contribution < 1.29 is 48.6 Å². The first-order chi connectivity index (χ1) is 22.3. The molecule has 6 amide bonds. The van der Waals surface area contributed by atoms with Gasteiger partial charge in [0.1, 0.15) is 12.1 Å². The van der Waals surface area contributed by atoms with Gasteiger partial charge in [-0.25, -0.2) is 4.79 Å². The minimum atomic E-state index is -1.40. The van der Waals surface area contributed by atoms with Crippen LogP contribution in [0.15, 0.2) is 42.7 Å². The number of nitrogens with zero attached hydrogens (tertiary/aromatic N) is 1. The molecule has 47 heavy (non-hydrogen) atoms. The summed E-state index contributed by atoms with van der Waals surface area (Å²) in [6, 6.07) is 4.42. The number of primary amides is 1. The molecule has 2 unspecified atom stereocenters. The number of carbonyl (C=O) groups excluding carboxylic acids is 6. The van der Waals surface area contributed by atoms with Gasteiger partial charge in [-0.1, -0.05) is 6.07 Å². The van der Waals surface area contributed by atoms with Crippen molar-refractivity contribution >= 4 is 47.4 Å². The van der Waals surface area contributed by atoms with Gasteiger partial charge >= 0.3 is 11.9 Å². The Balaban J connectivity index is 1.82. The van der Waals surface area contributed by atoms with Crippen LogP contribution in [-0.2, 0) is 24.0 Å². The van der Waals surface area contributed by atoms with Crippen LogP contribution in [0.3, 0.4) is 0 Å². The van der Waals surface area contributed by atoms with E-state index in [9.17, 15) is 43.5 Å². The van der Waals surface area contributed by atoms with Crippen molar-refractivity contribution in [2.45, 2.75) is 51.1 Å². The Morgan fingerprint density at radius 2 is 1.40 bits per heavy atom. The number of benzene rings is 1. The molecular formula is C30H37N7O10. The summed E-state index contributed by atoms with van der Waals surface area (Å²) in [5.74, 6) is -6.98. The summed E-state index contributed by atoms with van der Waals surface area (Å²) in [5, 5.41) is 30.3. The summed E-state index contributed by atoms with van der Waals surface area (Å²) in [6.07, 6.45) is 2.97. The average molecular weight is 656 g/mol. The number of amides is 6. The predicted molar refractivity (Wildman–Crippen MR) is 164 cm³/mol. The van der Waals surface area contributed by atoms with Gasteiger partial charge in [-0.3, -0.25) is 38.5 Å². The van der Waals surface area contributed by atoms with Crippen LogP contribution in [0.1, 0.15) is 68.7 Å². The van der Waals surface area contributed by atoms with Crippen molar-refractivity contribution in [3.63, 3.8) is 0 Å². The van der Waals surface area contributed by atoms with Crippen molar-refractivity contribution in [2.24, 2.45) is 5.73 Å². The number of aromatic nitrogens is 1. The van der Waals surface area contributed by atoms with Crippen LogP contribution in [0, 0.1) is 6.92 Å². The fourth-order valence-electron chi connectivity index (χ4n) is 4.11. The van der Waals surface area contributed by atoms with Crippen LogP contribution in [0.4, 0.5) is 0 Å². The lowest BCUT2D eigenvalue weighted by molar-refractivity contribution is -0.142. The molecule has 0 bridgehead atoms. The van der Waals surface area contributed by atoms with Gasteiger partial charge in [-0.05, 0) is 62.4 Å². The van der Waals surface area contributed by atoms with E-state index in [0.717, 1.165) is 5.56 Å². The van der Waals surface area contributed by atoms with Gasteiger partial charge in [0, 0.05) is 36.5 Å². The smallest absolute Gasteiger partial charge is 0.326 e. The van der Waals surface area contributed by atoms with Crippen LogP contribution >= 0.6 is 0 Å². The Morgan fingerprint density at radius 3 is 2.04 bits per heavy atom. The number of unbranched alkanes of at least 4 members (excludes halogenated alkanes) is 1. The third-order valence-electron chi connectivity index (χ3n) is 6.52. The van der Waals surface area contributed by atoms with Crippen molar-refractivity contribution in [1.29, 1.82) is 0 Å². The largest absolute Gasteiger partial charge is 0.481 e. The molecule has 1 aromatic heterocycles. The van der Waals surface area contributed by atoms with Gasteiger partial charge < -0.3 is 42.5 Å². The van der Waals surface area contributed by atoms with Crippen LogP contribution in [0.2, 0.25) is 0 Å². The maximum absolute atomic E-state index is 12.7. The standard InChI is InChI=1S/C30H37N7O10/c1-17-11-20(14-32-13-17)28(44)33-10-3-2-7-22(30(46)47)37-24(39)16-35-29(45)21(8-9-25(40)41)36-23(38)15-34-27(43)19-6-4-5-18(12-19)26(31)42/h4-6,11-14,21-22H,2-3,7-10,15-16H2,1H3,(H2,31,42)(H,33,44)(H,34,43)(H,35,45)(H,36,38)(H,37,39)(H,40,41)(H,46,47). The van der Waals surface area contributed by atoms with Gasteiger partial charge in [0.15, 0.2) is 0 Å². The Hall–Kier alpha value is -5.87. The highest BCUT2D eigenvalue weighted by Gasteiger charge is 2.24. The number of nitrogens with two attached hydrogens (primary N) is 1. The molecule has 0 spiro atoms. The second kappa shape index (κ2) is 18.8. The number of hydrogen-bond acceptors (Lipinski definition) is 9. The Labute approximate surface area is 269 Å². The number of carboxylic acids is 2. The minimum Gasteiger partial charge on any atom is -0.481 e. The number of aliphatic carboxylic acids is 2. The van der Waals surface area contributed by atoms with Crippen LogP contribution in [0.25, 0.3) is 0 Å². The van der Waals surface area contributed by atoms with E-state index in [4.69, 9.17) is 10.8 Å². The Morgan fingerprint density at radius 1 is 0.766 bits per heavy atom. The Kier molecular flexibility index (Phi) is 14.9. The third-order valence-corrected chi connectivity index (χ3v) is 6.52. The molecule has 2 atom stereocenters. The Bertz CT molecular complexity index is 1500. The SMILES string of the molecule is Cc1cncc(C(=O)NCCCCC(NC(=O)CNC(=O)C(CCC(=O)O)NC(=O)CNC(=O)c2cccc(C(N)=O)c2)C(=O)O)c1. The molecule has 252 valence electrons. The first kappa shape index (κ1) is 37.3. The lowest BCUT2D eigenvalue weighted by Gasteiger charge is -2.19. The zero-order valence-corrected chi connectivity index (χ0v) is 25.5. The molecule has 0 saturated carbocycles. The van der Waals surface area contributed by atoms with E-state index < -0.39 is 73.1 Å². The highest BCUT2D eigenvalue weighted by Crippen LogP contribution is 2.06. The van der Waals surface area contributed by atoms with Gasteiger partial charge in [-0.2, -0.15) is 0 Å². The van der Waals surface area contributed by atoms with Gasteiger partial charge in [0.25, 0.3) is 11.8 Å². The van der Waals surface area contributed by atoms with Crippen LogP contribution in [-0.4, -0.2) is 94.3 Å². The fraction of sp³-hybridized carbons (Fsp3) is 0.367. The number of nitrogens with one attached hydrogen (secondary N) is 5. The average Bonchev–Trinajstić information content (AvgIpc) is 3.03. The molecule has 0 aliphatic heterocycles. The van der Waals surface area contributed by atoms with Crippen molar-refractivity contribution in [2.75, 3.05) is 19.6 Å². The molecule has 0 fully saturated rings. The van der Waals surface area contributed by atoms with Gasteiger partial charge in [0.05, 0.1) is 18.7 Å². The lowest BCUT2D eigenvalue weighted by Crippen LogP contribution is -2.52. The minimum absolute atomic E-state index is 0.0345. The summed E-state index contributed by atoms with van der Waals surface area (Å²) >= 11 is 0. The summed E-state index contributed by atoms with van der Waals surface area (Å²) in [4.78, 5) is 100. The maximum Gasteiger partial charge on any atom is 0.326 e. The highest BCUT2D eigenvalue weighted by atomic mass is 16.4. The normalized spacial score (nSPS) is 11.7. The number of rotatable bonds is 19. The van der Waals surface area contributed by atoms with E-state index >= 15 is 0 Å². The van der Waals surface area contributed by atoms with Crippen LogP contribution < -0.4 is 32.3 Å². The molecule has 0 saturated heterocycles. The van der Waals surface area contributed by atoms with E-state index in [2.05, 4.69) is 31.6 Å². The number of carboxylic acid groups (broad SMARTS) is 2. The molecule has 9 N–H and O–H groups in total. The van der Waals surface area contributed by atoms with Crippen LogP contribution in [0.5, 0.6) is 0 Å². The van der Waals surface area contributed by atoms with Gasteiger partial charge in [0.2, 0.25) is 23.6 Å². The number of hydrogen-bond donors (Lipinski definition) is 8. The van der Waals surface area contributed by atoms with Gasteiger partial charge in [-0.15, -0.1) is 0 Å². The molecule has 0 radical (unpaired) electrons. The zero-order chi connectivity index (χ0) is 34.9. The maximum atomic E-state index is 12.7. The molecular weight excluding hydrogens is 618 g/mol. The number of aryl methyl sites for hydroxylation is 1. The van der Waals surface area contributed by atoms with Crippen molar-refractivity contribution in [3.8, 4) is 0 Å². The van der Waals surface area contributed by atoms with E-state index in [1.54, 1.807) is 19.2 Å². The summed E-state index contributed by atoms with van der Waals surface area (Å²) in [6.45, 7) is 0.784. The van der Waals surface area contributed by atoms with E-state index in [1.165, 1.54) is 30.5 Å². The number of pyridine rings is 1. The molecule has 0 aliphatic rings. The molecule has 1 heterocycles. The summed E-state index contributed by atoms with van der Waals surface area (Å²) in [7, 11) is 0. The topological polar surface area (TPSA) is 276 Å². The first-order valence-corrected chi connectivity index (χ1v) is 14.5. The van der Waals surface area contributed by atoms with E-state index in [0.29, 0.717) is 18.4 Å². The molecule has 1 aromatic carbocycles. The highest BCUT2D eigenvalue weighted by molar-refractivity contribution is 6.00. The lowest BCUT2D eigenvalue weighted by atomic mass is 10.1. The summed E-state index contributed by atoms with van der Waals surface area (Å²) in [5.41, 5.74) is 6.53. The van der Waals surface area contributed by atoms with Crippen molar-refractivity contribution in [3.05, 3.63) is 65.0 Å². The second-order valence-electron chi connectivity index (χ2n) is 10.4. The third kappa shape index (κ3) is 13.8. The zero-order valence-electron chi connectivity index (χ0n) is 25.5. The van der Waals surface area contributed by atoms with E-state index in [-0.39, 0.29) is 36.4 Å². The quantitative estimate of drug-likeness (QED) is 0.0837. The molecule has 17 nitrogen and oxygen atoms in total. The monoisotopic (exact) mass is 655 g/mol.